The Morgan fingerprint density at radius 3 is 2.40 bits per heavy atom. The molecule has 1 aliphatic heterocycles. The molecule has 1 fully saturated rings. The fraction of sp³-hybridized carbons (Fsp3) is 0.615. The Bertz CT molecular complexity index is 525. The zero-order valence-corrected chi connectivity index (χ0v) is 12.8. The van der Waals surface area contributed by atoms with Gasteiger partial charge in [-0.1, -0.05) is 6.07 Å². The summed E-state index contributed by atoms with van der Waals surface area (Å²) < 4.78 is 24.6. The van der Waals surface area contributed by atoms with Crippen LogP contribution in [0.3, 0.4) is 0 Å². The molecule has 20 heavy (non-hydrogen) atoms. The van der Waals surface area contributed by atoms with E-state index in [0.717, 1.165) is 5.56 Å². The number of nitrogens with zero attached hydrogens (tertiary/aromatic N) is 3. The van der Waals surface area contributed by atoms with Crippen molar-refractivity contribution in [2.75, 3.05) is 32.4 Å². The van der Waals surface area contributed by atoms with Crippen LogP contribution in [0.15, 0.2) is 24.5 Å². The molecule has 0 bridgehead atoms. The van der Waals surface area contributed by atoms with Crippen LogP contribution in [-0.2, 0) is 10.0 Å². The van der Waals surface area contributed by atoms with Crippen molar-refractivity contribution in [1.29, 1.82) is 0 Å². The zero-order valence-electron chi connectivity index (χ0n) is 11.9. The van der Waals surface area contributed by atoms with E-state index >= 15 is 0 Å². The van der Waals surface area contributed by atoms with Crippen molar-refractivity contribution in [2.24, 2.45) is 5.73 Å². The maximum Gasteiger partial charge on any atom is 0.211 e. The standard InChI is InChI=1S/C13H22N4O2S/c1-11(14)13(12-4-3-5-15-10-12)16-6-8-17(9-7-16)20(2,18)19/h3-5,10-11,13H,6-9,14H2,1-2H3. The lowest BCUT2D eigenvalue weighted by Gasteiger charge is -2.40. The van der Waals surface area contributed by atoms with E-state index in [1.807, 2.05) is 25.3 Å². The van der Waals surface area contributed by atoms with Gasteiger partial charge in [0.1, 0.15) is 0 Å². The zero-order chi connectivity index (χ0) is 14.8. The lowest BCUT2D eigenvalue weighted by molar-refractivity contribution is 0.123. The fourth-order valence-corrected chi connectivity index (χ4v) is 3.54. The van der Waals surface area contributed by atoms with Gasteiger partial charge in [-0.3, -0.25) is 9.88 Å². The van der Waals surface area contributed by atoms with Crippen LogP contribution >= 0.6 is 0 Å². The largest absolute Gasteiger partial charge is 0.326 e. The summed E-state index contributed by atoms with van der Waals surface area (Å²) in [6.07, 6.45) is 4.83. The van der Waals surface area contributed by atoms with Crippen molar-refractivity contribution >= 4 is 10.0 Å². The monoisotopic (exact) mass is 298 g/mol. The molecule has 2 heterocycles. The second kappa shape index (κ2) is 6.17. The maximum atomic E-state index is 11.5. The Balaban J connectivity index is 2.10. The van der Waals surface area contributed by atoms with Gasteiger partial charge in [0, 0.05) is 44.6 Å². The molecule has 0 radical (unpaired) electrons. The number of hydrogen-bond acceptors (Lipinski definition) is 5. The van der Waals surface area contributed by atoms with Crippen molar-refractivity contribution in [2.45, 2.75) is 19.0 Å². The Hall–Kier alpha value is -1.02. The van der Waals surface area contributed by atoms with E-state index in [2.05, 4.69) is 9.88 Å². The van der Waals surface area contributed by atoms with Gasteiger partial charge in [0.2, 0.25) is 10.0 Å². The smallest absolute Gasteiger partial charge is 0.211 e. The van der Waals surface area contributed by atoms with Gasteiger partial charge in [-0.05, 0) is 18.6 Å². The van der Waals surface area contributed by atoms with Crippen molar-refractivity contribution in [3.8, 4) is 0 Å². The number of nitrogens with two attached hydrogens (primary N) is 1. The molecule has 0 aromatic carbocycles. The third-order valence-electron chi connectivity index (χ3n) is 3.66. The van der Waals surface area contributed by atoms with E-state index in [4.69, 9.17) is 5.73 Å². The molecule has 0 aliphatic carbocycles. The molecule has 1 aromatic rings. The lowest BCUT2D eigenvalue weighted by Crippen LogP contribution is -2.52. The SMILES string of the molecule is CC(N)C(c1cccnc1)N1CCN(S(C)(=O)=O)CC1. The molecule has 7 heteroatoms. The number of sulfonamides is 1. The minimum absolute atomic E-state index is 0.0380. The average Bonchev–Trinajstić information content (AvgIpc) is 2.39. The summed E-state index contributed by atoms with van der Waals surface area (Å²) >= 11 is 0. The molecule has 112 valence electrons. The number of piperazine rings is 1. The minimum atomic E-state index is -3.10. The molecule has 2 atom stereocenters. The van der Waals surface area contributed by atoms with E-state index in [1.54, 1.807) is 6.20 Å². The topological polar surface area (TPSA) is 79.5 Å². The number of hydrogen-bond donors (Lipinski definition) is 1. The van der Waals surface area contributed by atoms with E-state index in [1.165, 1.54) is 10.6 Å². The molecule has 1 saturated heterocycles. The predicted molar refractivity (Wildman–Crippen MR) is 78.6 cm³/mol. The Morgan fingerprint density at radius 2 is 1.95 bits per heavy atom. The van der Waals surface area contributed by atoms with E-state index < -0.39 is 10.0 Å². The molecule has 6 nitrogen and oxygen atoms in total. The van der Waals surface area contributed by atoms with Crippen LogP contribution in [0, 0.1) is 0 Å². The van der Waals surface area contributed by atoms with E-state index in [-0.39, 0.29) is 12.1 Å². The van der Waals surface area contributed by atoms with Crippen LogP contribution in [0.4, 0.5) is 0 Å². The van der Waals surface area contributed by atoms with Gasteiger partial charge in [0.05, 0.1) is 12.3 Å². The first-order valence-electron chi connectivity index (χ1n) is 6.74. The molecule has 1 aromatic heterocycles. The molecule has 2 rings (SSSR count). The highest BCUT2D eigenvalue weighted by Gasteiger charge is 2.30. The Labute approximate surface area is 120 Å². The maximum absolute atomic E-state index is 11.5. The van der Waals surface area contributed by atoms with Crippen LogP contribution in [0.2, 0.25) is 0 Å². The van der Waals surface area contributed by atoms with Crippen LogP contribution in [0.1, 0.15) is 18.5 Å². The van der Waals surface area contributed by atoms with Crippen molar-refractivity contribution < 1.29 is 8.42 Å². The third kappa shape index (κ3) is 3.54. The molecular formula is C13H22N4O2S. The van der Waals surface area contributed by atoms with Gasteiger partial charge in [-0.25, -0.2) is 8.42 Å². The Kier molecular flexibility index (Phi) is 4.74. The van der Waals surface area contributed by atoms with Gasteiger partial charge in [-0.15, -0.1) is 0 Å². The first-order chi connectivity index (χ1) is 9.39. The molecular weight excluding hydrogens is 276 g/mol. The van der Waals surface area contributed by atoms with Crippen molar-refractivity contribution in [3.05, 3.63) is 30.1 Å². The van der Waals surface area contributed by atoms with Crippen LogP contribution in [0.25, 0.3) is 0 Å². The second-order valence-corrected chi connectivity index (χ2v) is 7.27. The van der Waals surface area contributed by atoms with Crippen LogP contribution in [0.5, 0.6) is 0 Å². The predicted octanol–water partition coefficient (Wildman–Crippen LogP) is 0.0471. The summed E-state index contributed by atoms with van der Waals surface area (Å²) in [5.74, 6) is 0. The van der Waals surface area contributed by atoms with Crippen LogP contribution in [-0.4, -0.2) is 61.1 Å². The normalized spacial score (nSPS) is 21.6. The summed E-state index contributed by atoms with van der Waals surface area (Å²) in [5, 5.41) is 0. The van der Waals surface area contributed by atoms with Gasteiger partial charge in [0.25, 0.3) is 0 Å². The third-order valence-corrected chi connectivity index (χ3v) is 4.96. The first-order valence-corrected chi connectivity index (χ1v) is 8.59. The summed E-state index contributed by atoms with van der Waals surface area (Å²) in [4.78, 5) is 6.39. The molecule has 0 amide bonds. The average molecular weight is 298 g/mol. The minimum Gasteiger partial charge on any atom is -0.326 e. The highest BCUT2D eigenvalue weighted by molar-refractivity contribution is 7.88. The molecule has 1 aliphatic rings. The van der Waals surface area contributed by atoms with E-state index in [0.29, 0.717) is 26.2 Å². The Morgan fingerprint density at radius 1 is 1.30 bits per heavy atom. The summed E-state index contributed by atoms with van der Waals surface area (Å²) in [5.41, 5.74) is 7.20. The highest BCUT2D eigenvalue weighted by atomic mass is 32.2. The van der Waals surface area contributed by atoms with Crippen LogP contribution < -0.4 is 5.73 Å². The summed E-state index contributed by atoms with van der Waals surface area (Å²) in [7, 11) is -3.10. The molecule has 2 unspecified atom stereocenters. The molecule has 0 saturated carbocycles. The number of aromatic nitrogens is 1. The second-order valence-electron chi connectivity index (χ2n) is 5.29. The summed E-state index contributed by atoms with van der Waals surface area (Å²) in [6.45, 7) is 4.38. The number of rotatable bonds is 4. The van der Waals surface area contributed by atoms with Crippen molar-refractivity contribution in [3.63, 3.8) is 0 Å². The first kappa shape index (κ1) is 15.4. The van der Waals surface area contributed by atoms with Gasteiger partial charge >= 0.3 is 0 Å². The molecule has 0 spiro atoms. The fourth-order valence-electron chi connectivity index (χ4n) is 2.71. The van der Waals surface area contributed by atoms with E-state index in [9.17, 15) is 8.42 Å². The molecule has 2 N–H and O–H groups in total. The highest BCUT2D eigenvalue weighted by Crippen LogP contribution is 2.24. The number of pyridine rings is 1. The van der Waals surface area contributed by atoms with Gasteiger partial charge in [-0.2, -0.15) is 4.31 Å². The lowest BCUT2D eigenvalue weighted by atomic mass is 10.0. The van der Waals surface area contributed by atoms with Gasteiger partial charge < -0.3 is 5.73 Å². The quantitative estimate of drug-likeness (QED) is 0.849. The van der Waals surface area contributed by atoms with Crippen molar-refractivity contribution in [1.82, 2.24) is 14.2 Å². The van der Waals surface area contributed by atoms with Gasteiger partial charge in [0.15, 0.2) is 0 Å². The summed E-state index contributed by atoms with van der Waals surface area (Å²) in [6, 6.07) is 3.95.